The molecule has 1 N–H and O–H groups in total. The first-order chi connectivity index (χ1) is 13.2. The SMILES string of the molecule is O=C(O)[C@@H]1c2ccccc2C(=O)N2CCOc3c(ccc4ccccc34)[C@@H]12. The predicted molar refractivity (Wildman–Crippen MR) is 100 cm³/mol. The molecular formula is C22H17NO4. The monoisotopic (exact) mass is 359 g/mol. The number of fused-ring (bicyclic) bond motifs is 6. The quantitative estimate of drug-likeness (QED) is 0.721. The number of amides is 1. The average molecular weight is 359 g/mol. The van der Waals surface area contributed by atoms with E-state index in [0.717, 1.165) is 16.3 Å². The first-order valence-corrected chi connectivity index (χ1v) is 8.94. The molecule has 2 heterocycles. The van der Waals surface area contributed by atoms with E-state index in [1.807, 2.05) is 36.4 Å². The average Bonchev–Trinajstić information content (AvgIpc) is 2.88. The summed E-state index contributed by atoms with van der Waals surface area (Å²) in [4.78, 5) is 27.1. The fourth-order valence-corrected chi connectivity index (χ4v) is 4.35. The van der Waals surface area contributed by atoms with Crippen LogP contribution in [0.5, 0.6) is 5.75 Å². The molecule has 0 unspecified atom stereocenters. The van der Waals surface area contributed by atoms with Crippen molar-refractivity contribution >= 4 is 22.6 Å². The van der Waals surface area contributed by atoms with Gasteiger partial charge in [0.2, 0.25) is 0 Å². The van der Waals surface area contributed by atoms with Crippen LogP contribution < -0.4 is 4.74 Å². The van der Waals surface area contributed by atoms with Crippen LogP contribution in [0, 0.1) is 0 Å². The van der Waals surface area contributed by atoms with Crippen molar-refractivity contribution in [1.82, 2.24) is 4.90 Å². The number of ether oxygens (including phenoxy) is 1. The highest BCUT2D eigenvalue weighted by Crippen LogP contribution is 2.48. The van der Waals surface area contributed by atoms with E-state index in [0.29, 0.717) is 30.0 Å². The van der Waals surface area contributed by atoms with Gasteiger partial charge >= 0.3 is 5.97 Å². The van der Waals surface area contributed by atoms with E-state index in [1.165, 1.54) is 0 Å². The number of nitrogens with zero attached hydrogens (tertiary/aromatic N) is 1. The molecule has 3 aromatic rings. The Morgan fingerprint density at radius 2 is 1.78 bits per heavy atom. The molecule has 2 aliphatic rings. The first kappa shape index (κ1) is 15.9. The summed E-state index contributed by atoms with van der Waals surface area (Å²) in [5.74, 6) is -1.23. The molecule has 1 amide bonds. The van der Waals surface area contributed by atoms with Gasteiger partial charge in [0.25, 0.3) is 5.91 Å². The summed E-state index contributed by atoms with van der Waals surface area (Å²) < 4.78 is 6.04. The molecule has 5 heteroatoms. The summed E-state index contributed by atoms with van der Waals surface area (Å²) in [7, 11) is 0. The number of aliphatic carboxylic acids is 1. The smallest absolute Gasteiger partial charge is 0.313 e. The minimum absolute atomic E-state index is 0.141. The van der Waals surface area contributed by atoms with E-state index >= 15 is 0 Å². The molecule has 2 aliphatic heterocycles. The van der Waals surface area contributed by atoms with Gasteiger partial charge in [0.05, 0.1) is 12.6 Å². The Hall–Kier alpha value is -3.34. The van der Waals surface area contributed by atoms with Gasteiger partial charge in [-0.15, -0.1) is 0 Å². The highest BCUT2D eigenvalue weighted by molar-refractivity contribution is 6.01. The lowest BCUT2D eigenvalue weighted by Crippen LogP contribution is -2.45. The van der Waals surface area contributed by atoms with Crippen LogP contribution >= 0.6 is 0 Å². The van der Waals surface area contributed by atoms with Gasteiger partial charge in [-0.25, -0.2) is 0 Å². The second kappa shape index (κ2) is 5.84. The Kier molecular flexibility index (Phi) is 3.44. The lowest BCUT2D eigenvalue weighted by molar-refractivity contribution is -0.140. The van der Waals surface area contributed by atoms with Crippen molar-refractivity contribution in [3.63, 3.8) is 0 Å². The minimum atomic E-state index is -0.939. The van der Waals surface area contributed by atoms with E-state index in [2.05, 4.69) is 0 Å². The van der Waals surface area contributed by atoms with Gasteiger partial charge in [0.15, 0.2) is 0 Å². The maximum atomic E-state index is 13.1. The number of hydrogen-bond acceptors (Lipinski definition) is 3. The maximum absolute atomic E-state index is 13.1. The van der Waals surface area contributed by atoms with Crippen molar-refractivity contribution in [3.8, 4) is 5.75 Å². The normalized spacial score (nSPS) is 20.9. The van der Waals surface area contributed by atoms with Crippen molar-refractivity contribution in [2.24, 2.45) is 0 Å². The Balaban J connectivity index is 1.80. The number of hydrogen-bond donors (Lipinski definition) is 1. The second-order valence-electron chi connectivity index (χ2n) is 6.90. The maximum Gasteiger partial charge on any atom is 0.313 e. The molecule has 0 saturated carbocycles. The zero-order valence-electron chi connectivity index (χ0n) is 14.5. The molecule has 0 aliphatic carbocycles. The van der Waals surface area contributed by atoms with Gasteiger partial charge in [0, 0.05) is 16.5 Å². The van der Waals surface area contributed by atoms with E-state index < -0.39 is 17.9 Å². The van der Waals surface area contributed by atoms with E-state index in [1.54, 1.807) is 29.2 Å². The molecular weight excluding hydrogens is 342 g/mol. The van der Waals surface area contributed by atoms with Crippen molar-refractivity contribution < 1.29 is 19.4 Å². The highest BCUT2D eigenvalue weighted by Gasteiger charge is 2.46. The van der Waals surface area contributed by atoms with E-state index in [-0.39, 0.29) is 5.91 Å². The first-order valence-electron chi connectivity index (χ1n) is 8.94. The van der Waals surface area contributed by atoms with Crippen molar-refractivity contribution in [2.75, 3.05) is 13.2 Å². The Morgan fingerprint density at radius 1 is 1.00 bits per heavy atom. The van der Waals surface area contributed by atoms with Crippen LogP contribution in [0.15, 0.2) is 60.7 Å². The van der Waals surface area contributed by atoms with Crippen molar-refractivity contribution in [2.45, 2.75) is 12.0 Å². The number of carboxylic acid groups (broad SMARTS) is 1. The van der Waals surface area contributed by atoms with Crippen LogP contribution in [-0.2, 0) is 4.79 Å². The van der Waals surface area contributed by atoms with Gasteiger partial charge in [0.1, 0.15) is 18.3 Å². The summed E-state index contributed by atoms with van der Waals surface area (Å²) in [6.07, 6.45) is 0. The molecule has 0 saturated heterocycles. The number of rotatable bonds is 1. The highest BCUT2D eigenvalue weighted by atomic mass is 16.5. The predicted octanol–water partition coefficient (Wildman–Crippen LogP) is 3.60. The number of benzene rings is 3. The summed E-state index contributed by atoms with van der Waals surface area (Å²) in [5, 5.41) is 12.0. The van der Waals surface area contributed by atoms with Gasteiger partial charge in [-0.05, 0) is 17.0 Å². The molecule has 0 bridgehead atoms. The third-order valence-corrected chi connectivity index (χ3v) is 5.51. The molecule has 0 fully saturated rings. The zero-order valence-corrected chi connectivity index (χ0v) is 14.5. The number of carbonyl (C=O) groups excluding carboxylic acids is 1. The van der Waals surface area contributed by atoms with Gasteiger partial charge in [-0.3, -0.25) is 9.59 Å². The largest absolute Gasteiger partial charge is 0.491 e. The lowest BCUT2D eigenvalue weighted by Gasteiger charge is -2.39. The Morgan fingerprint density at radius 3 is 2.63 bits per heavy atom. The summed E-state index contributed by atoms with van der Waals surface area (Å²) >= 11 is 0. The molecule has 3 aromatic carbocycles. The standard InChI is InChI=1S/C22H17NO4/c24-21-16-8-4-3-7-15(16)18(22(25)26)19-17-10-9-13-5-1-2-6-14(13)20(17)27-12-11-23(19)21/h1-10,18-19H,11-12H2,(H,25,26)/t18-,19+/m1/s1. The molecule has 2 atom stereocenters. The van der Waals surface area contributed by atoms with Crippen LogP contribution in [0.1, 0.15) is 33.4 Å². The number of carbonyl (C=O) groups is 2. The fourth-order valence-electron chi connectivity index (χ4n) is 4.35. The van der Waals surface area contributed by atoms with Gasteiger partial charge < -0.3 is 14.7 Å². The lowest BCUT2D eigenvalue weighted by atomic mass is 9.79. The summed E-state index contributed by atoms with van der Waals surface area (Å²) in [5.41, 5.74) is 1.78. The number of carboxylic acids is 1. The van der Waals surface area contributed by atoms with Gasteiger partial charge in [-0.2, -0.15) is 0 Å². The fraction of sp³-hybridized carbons (Fsp3) is 0.182. The minimum Gasteiger partial charge on any atom is -0.491 e. The Bertz CT molecular complexity index is 1090. The van der Waals surface area contributed by atoms with Gasteiger partial charge in [-0.1, -0.05) is 54.6 Å². The zero-order chi connectivity index (χ0) is 18.5. The molecule has 5 nitrogen and oxygen atoms in total. The third-order valence-electron chi connectivity index (χ3n) is 5.51. The van der Waals surface area contributed by atoms with Crippen LogP contribution in [-0.4, -0.2) is 35.0 Å². The Labute approximate surface area is 155 Å². The summed E-state index contributed by atoms with van der Waals surface area (Å²) in [6, 6.07) is 18.1. The van der Waals surface area contributed by atoms with Crippen LogP contribution in [0.2, 0.25) is 0 Å². The molecule has 5 rings (SSSR count). The topological polar surface area (TPSA) is 66.8 Å². The second-order valence-corrected chi connectivity index (χ2v) is 6.90. The molecule has 134 valence electrons. The third kappa shape index (κ3) is 2.24. The van der Waals surface area contributed by atoms with Crippen molar-refractivity contribution in [3.05, 3.63) is 77.4 Å². The van der Waals surface area contributed by atoms with Crippen molar-refractivity contribution in [1.29, 1.82) is 0 Å². The molecule has 0 spiro atoms. The van der Waals surface area contributed by atoms with E-state index in [4.69, 9.17) is 4.74 Å². The van der Waals surface area contributed by atoms with Crippen LogP contribution in [0.3, 0.4) is 0 Å². The molecule has 27 heavy (non-hydrogen) atoms. The van der Waals surface area contributed by atoms with Crippen LogP contribution in [0.4, 0.5) is 0 Å². The summed E-state index contributed by atoms with van der Waals surface area (Å²) in [6.45, 7) is 0.683. The molecule has 0 radical (unpaired) electrons. The van der Waals surface area contributed by atoms with Crippen LogP contribution in [0.25, 0.3) is 10.8 Å². The molecule has 0 aromatic heterocycles. The van der Waals surface area contributed by atoms with E-state index in [9.17, 15) is 14.7 Å².